The zero-order valence-electron chi connectivity index (χ0n) is 14.0. The van der Waals surface area contributed by atoms with Gasteiger partial charge in [0.25, 0.3) is 0 Å². The molecule has 1 N–H and O–H groups in total. The third-order valence-electron chi connectivity index (χ3n) is 4.70. The van der Waals surface area contributed by atoms with E-state index in [1.807, 2.05) is 18.2 Å². The summed E-state index contributed by atoms with van der Waals surface area (Å²) in [5.74, 6) is 0.0985. The number of amides is 2. The van der Waals surface area contributed by atoms with Crippen molar-refractivity contribution < 1.29 is 9.18 Å². The molecule has 2 atom stereocenters. The van der Waals surface area contributed by atoms with Gasteiger partial charge in [-0.25, -0.2) is 9.18 Å². The van der Waals surface area contributed by atoms with Crippen LogP contribution >= 0.6 is 0 Å². The molecule has 1 aromatic carbocycles. The molecule has 3 rings (SSSR count). The second kappa shape index (κ2) is 6.99. The predicted molar refractivity (Wildman–Crippen MR) is 90.9 cm³/mol. The van der Waals surface area contributed by atoms with Crippen molar-refractivity contribution in [3.8, 4) is 0 Å². The van der Waals surface area contributed by atoms with Gasteiger partial charge in [-0.05, 0) is 53.6 Å². The number of rotatable bonds is 3. The van der Waals surface area contributed by atoms with Gasteiger partial charge in [0, 0.05) is 26.0 Å². The molecular weight excluding hydrogens is 305 g/mol. The number of hydrogen-bond donors (Lipinski definition) is 1. The second-order valence-electron chi connectivity index (χ2n) is 6.46. The van der Waals surface area contributed by atoms with E-state index in [1.54, 1.807) is 30.4 Å². The lowest BCUT2D eigenvalue weighted by molar-refractivity contribution is 0.195. The number of pyridine rings is 1. The summed E-state index contributed by atoms with van der Waals surface area (Å²) in [5.41, 5.74) is 2.66. The van der Waals surface area contributed by atoms with Crippen LogP contribution in [0.4, 0.5) is 9.18 Å². The van der Waals surface area contributed by atoms with E-state index >= 15 is 0 Å². The lowest BCUT2D eigenvalue weighted by Crippen LogP contribution is -2.42. The van der Waals surface area contributed by atoms with E-state index < -0.39 is 0 Å². The fourth-order valence-corrected chi connectivity index (χ4v) is 3.27. The van der Waals surface area contributed by atoms with Crippen molar-refractivity contribution in [2.45, 2.75) is 32.4 Å². The molecule has 0 saturated carbocycles. The lowest BCUT2D eigenvalue weighted by Gasteiger charge is -2.33. The van der Waals surface area contributed by atoms with Gasteiger partial charge in [0.05, 0.1) is 6.04 Å². The van der Waals surface area contributed by atoms with Gasteiger partial charge in [-0.2, -0.15) is 0 Å². The van der Waals surface area contributed by atoms with Crippen LogP contribution in [0.1, 0.15) is 36.1 Å². The first kappa shape index (κ1) is 16.4. The third-order valence-corrected chi connectivity index (χ3v) is 4.70. The quantitative estimate of drug-likeness (QED) is 0.934. The summed E-state index contributed by atoms with van der Waals surface area (Å²) in [7, 11) is 1.76. The van der Waals surface area contributed by atoms with Crippen molar-refractivity contribution >= 4 is 6.03 Å². The van der Waals surface area contributed by atoms with Crippen LogP contribution in [0.3, 0.4) is 0 Å². The number of carbonyl (C=O) groups excluding carboxylic acids is 1. The Labute approximate surface area is 141 Å². The Morgan fingerprint density at radius 1 is 1.33 bits per heavy atom. The first-order valence-electron chi connectivity index (χ1n) is 8.24. The van der Waals surface area contributed by atoms with Crippen molar-refractivity contribution in [2.24, 2.45) is 5.92 Å². The summed E-state index contributed by atoms with van der Waals surface area (Å²) >= 11 is 0. The van der Waals surface area contributed by atoms with E-state index in [2.05, 4.69) is 17.2 Å². The zero-order chi connectivity index (χ0) is 17.1. The Bertz CT molecular complexity index is 720. The fourth-order valence-electron chi connectivity index (χ4n) is 3.27. The Kier molecular flexibility index (Phi) is 4.79. The SMILES string of the molecule is C[C@H]1CCc2c(F)cccc2[C@H]1NC(=O)N(C)Cc1ccncc1. The molecule has 4 nitrogen and oxygen atoms in total. The molecule has 0 spiro atoms. The molecule has 2 amide bonds. The van der Waals surface area contributed by atoms with Crippen molar-refractivity contribution in [3.05, 3.63) is 65.2 Å². The summed E-state index contributed by atoms with van der Waals surface area (Å²) in [5, 5.41) is 3.08. The molecule has 0 unspecified atom stereocenters. The summed E-state index contributed by atoms with van der Waals surface area (Å²) < 4.78 is 14.0. The minimum Gasteiger partial charge on any atom is -0.331 e. The van der Waals surface area contributed by atoms with Crippen LogP contribution in [0, 0.1) is 11.7 Å². The number of benzene rings is 1. The second-order valence-corrected chi connectivity index (χ2v) is 6.46. The molecule has 1 heterocycles. The smallest absolute Gasteiger partial charge is 0.317 e. The van der Waals surface area contributed by atoms with E-state index in [-0.39, 0.29) is 23.8 Å². The Hall–Kier alpha value is -2.43. The van der Waals surface area contributed by atoms with Crippen molar-refractivity contribution in [1.82, 2.24) is 15.2 Å². The Morgan fingerprint density at radius 3 is 2.83 bits per heavy atom. The maximum atomic E-state index is 14.0. The minimum absolute atomic E-state index is 0.152. The van der Waals surface area contributed by atoms with Gasteiger partial charge in [-0.3, -0.25) is 4.98 Å². The first-order valence-corrected chi connectivity index (χ1v) is 8.24. The number of nitrogens with zero attached hydrogens (tertiary/aromatic N) is 2. The molecule has 0 fully saturated rings. The van der Waals surface area contributed by atoms with E-state index in [0.29, 0.717) is 6.54 Å². The van der Waals surface area contributed by atoms with Crippen LogP contribution in [0.15, 0.2) is 42.7 Å². The molecule has 5 heteroatoms. The van der Waals surface area contributed by atoms with Gasteiger partial charge in [-0.1, -0.05) is 19.1 Å². The summed E-state index contributed by atoms with van der Waals surface area (Å²) in [6, 6.07) is 8.59. The van der Waals surface area contributed by atoms with E-state index in [1.165, 1.54) is 6.07 Å². The molecule has 24 heavy (non-hydrogen) atoms. The predicted octanol–water partition coefficient (Wildman–Crippen LogP) is 3.69. The summed E-state index contributed by atoms with van der Waals surface area (Å²) in [4.78, 5) is 18.2. The number of nitrogens with one attached hydrogen (secondary N) is 1. The largest absolute Gasteiger partial charge is 0.331 e. The van der Waals surface area contributed by atoms with Gasteiger partial charge in [0.15, 0.2) is 0 Å². The van der Waals surface area contributed by atoms with E-state index in [4.69, 9.17) is 0 Å². The number of urea groups is 1. The maximum absolute atomic E-state index is 14.0. The number of hydrogen-bond acceptors (Lipinski definition) is 2. The highest BCUT2D eigenvalue weighted by molar-refractivity contribution is 5.74. The molecule has 0 saturated heterocycles. The van der Waals surface area contributed by atoms with Gasteiger partial charge >= 0.3 is 6.03 Å². The molecule has 1 aliphatic rings. The topological polar surface area (TPSA) is 45.2 Å². The van der Waals surface area contributed by atoms with Crippen LogP contribution in [-0.4, -0.2) is 23.0 Å². The average molecular weight is 327 g/mol. The van der Waals surface area contributed by atoms with E-state index in [9.17, 15) is 9.18 Å². The van der Waals surface area contributed by atoms with Crippen LogP contribution < -0.4 is 5.32 Å². The third kappa shape index (κ3) is 3.40. The molecule has 2 aromatic rings. The Morgan fingerprint density at radius 2 is 2.08 bits per heavy atom. The van der Waals surface area contributed by atoms with Crippen molar-refractivity contribution in [2.75, 3.05) is 7.05 Å². The highest BCUT2D eigenvalue weighted by atomic mass is 19.1. The van der Waals surface area contributed by atoms with Crippen molar-refractivity contribution in [3.63, 3.8) is 0 Å². The summed E-state index contributed by atoms with van der Waals surface area (Å²) in [6.07, 6.45) is 5.02. The molecular formula is C19H22FN3O. The fraction of sp³-hybridized carbons (Fsp3) is 0.368. The van der Waals surface area contributed by atoms with Crippen LogP contribution in [-0.2, 0) is 13.0 Å². The van der Waals surface area contributed by atoms with Crippen LogP contribution in [0.25, 0.3) is 0 Å². The number of aromatic nitrogens is 1. The van der Waals surface area contributed by atoms with Crippen LogP contribution in [0.2, 0.25) is 0 Å². The first-order chi connectivity index (χ1) is 11.6. The normalized spacial score (nSPS) is 19.5. The van der Waals surface area contributed by atoms with E-state index in [0.717, 1.165) is 29.5 Å². The monoisotopic (exact) mass is 327 g/mol. The van der Waals surface area contributed by atoms with Gasteiger partial charge in [0.2, 0.25) is 0 Å². The molecule has 0 radical (unpaired) electrons. The molecule has 0 bridgehead atoms. The molecule has 0 aliphatic heterocycles. The standard InChI is InChI=1S/C19H22FN3O/c1-13-6-7-15-16(4-3-5-17(15)20)18(13)22-19(24)23(2)12-14-8-10-21-11-9-14/h3-5,8-11,13,18H,6-7,12H2,1-2H3,(H,22,24)/t13-,18-/m0/s1. The number of carbonyl (C=O) groups is 1. The average Bonchev–Trinajstić information content (AvgIpc) is 2.58. The molecule has 1 aromatic heterocycles. The summed E-state index contributed by atoms with van der Waals surface area (Å²) in [6.45, 7) is 2.60. The number of halogens is 1. The highest BCUT2D eigenvalue weighted by Crippen LogP contribution is 2.35. The number of fused-ring (bicyclic) bond motifs is 1. The van der Waals surface area contributed by atoms with Crippen LogP contribution in [0.5, 0.6) is 0 Å². The minimum atomic E-state index is -0.177. The Balaban J connectivity index is 1.73. The lowest BCUT2D eigenvalue weighted by atomic mass is 9.80. The van der Waals surface area contributed by atoms with Gasteiger partial charge < -0.3 is 10.2 Å². The highest BCUT2D eigenvalue weighted by Gasteiger charge is 2.30. The maximum Gasteiger partial charge on any atom is 0.317 e. The van der Waals surface area contributed by atoms with Crippen molar-refractivity contribution in [1.29, 1.82) is 0 Å². The molecule has 1 aliphatic carbocycles. The van der Waals surface area contributed by atoms with Gasteiger partial charge in [-0.15, -0.1) is 0 Å². The molecule has 126 valence electrons. The van der Waals surface area contributed by atoms with Gasteiger partial charge in [0.1, 0.15) is 5.82 Å². The zero-order valence-corrected chi connectivity index (χ0v) is 14.0.